The summed E-state index contributed by atoms with van der Waals surface area (Å²) in [4.78, 5) is 0. The zero-order valence-corrected chi connectivity index (χ0v) is 11.6. The second kappa shape index (κ2) is 6.26. The van der Waals surface area contributed by atoms with Crippen molar-refractivity contribution in [2.75, 3.05) is 13.2 Å². The van der Waals surface area contributed by atoms with Crippen molar-refractivity contribution in [3.05, 3.63) is 28.2 Å². The van der Waals surface area contributed by atoms with Gasteiger partial charge >= 0.3 is 0 Å². The molecule has 0 bridgehead atoms. The smallest absolute Gasteiger partial charge is 0.120 e. The van der Waals surface area contributed by atoms with Crippen LogP contribution in [0.2, 0.25) is 0 Å². The number of halogens is 1. The topological polar surface area (TPSA) is 29.5 Å². The first-order valence-electron chi connectivity index (χ1n) is 5.57. The minimum absolute atomic E-state index is 0.138. The predicted molar refractivity (Wildman–Crippen MR) is 70.0 cm³/mol. The molecule has 1 aromatic carbocycles. The van der Waals surface area contributed by atoms with E-state index in [4.69, 9.17) is 9.84 Å². The zero-order chi connectivity index (χ0) is 12.1. The highest BCUT2D eigenvalue weighted by atomic mass is 79.9. The van der Waals surface area contributed by atoms with Gasteiger partial charge in [-0.2, -0.15) is 0 Å². The molecule has 0 saturated carbocycles. The molecule has 0 amide bonds. The van der Waals surface area contributed by atoms with E-state index in [9.17, 15) is 0 Å². The monoisotopic (exact) mass is 286 g/mol. The van der Waals surface area contributed by atoms with E-state index in [0.29, 0.717) is 12.5 Å². The van der Waals surface area contributed by atoms with Crippen LogP contribution >= 0.6 is 15.9 Å². The van der Waals surface area contributed by atoms with Crippen LogP contribution < -0.4 is 4.74 Å². The van der Waals surface area contributed by atoms with E-state index in [1.807, 2.05) is 25.1 Å². The Morgan fingerprint density at radius 2 is 1.94 bits per heavy atom. The van der Waals surface area contributed by atoms with Gasteiger partial charge in [-0.25, -0.2) is 0 Å². The molecule has 0 fully saturated rings. The molecule has 1 aromatic rings. The Kier molecular flexibility index (Phi) is 5.29. The summed E-state index contributed by atoms with van der Waals surface area (Å²) in [6.07, 6.45) is 0. The Balaban J connectivity index is 2.81. The molecule has 0 spiro atoms. The van der Waals surface area contributed by atoms with Crippen LogP contribution in [0.5, 0.6) is 5.75 Å². The van der Waals surface area contributed by atoms with Crippen LogP contribution in [0.15, 0.2) is 22.7 Å². The number of rotatable bonds is 5. The van der Waals surface area contributed by atoms with Gasteiger partial charge in [0.2, 0.25) is 0 Å². The molecule has 90 valence electrons. The molecule has 1 N–H and O–H groups in total. The van der Waals surface area contributed by atoms with Gasteiger partial charge in [0.1, 0.15) is 5.75 Å². The van der Waals surface area contributed by atoms with Gasteiger partial charge in [0, 0.05) is 17.0 Å². The molecule has 0 radical (unpaired) electrons. The summed E-state index contributed by atoms with van der Waals surface area (Å²) in [5.74, 6) is 1.51. The fourth-order valence-corrected chi connectivity index (χ4v) is 1.81. The van der Waals surface area contributed by atoms with Crippen molar-refractivity contribution < 1.29 is 9.84 Å². The fourth-order valence-electron chi connectivity index (χ4n) is 1.32. The third kappa shape index (κ3) is 4.14. The molecule has 0 aliphatic carbocycles. The zero-order valence-electron chi connectivity index (χ0n) is 10.0. The molecule has 16 heavy (non-hydrogen) atoms. The molecule has 0 aromatic heterocycles. The van der Waals surface area contributed by atoms with Crippen LogP contribution in [0.1, 0.15) is 32.3 Å². The molecule has 2 nitrogen and oxygen atoms in total. The molecule has 1 rings (SSSR count). The first kappa shape index (κ1) is 13.5. The second-order valence-corrected chi connectivity index (χ2v) is 5.42. The van der Waals surface area contributed by atoms with Gasteiger partial charge in [-0.15, -0.1) is 0 Å². The first-order chi connectivity index (χ1) is 7.52. The molecular weight excluding hydrogens is 268 g/mol. The van der Waals surface area contributed by atoms with E-state index < -0.39 is 0 Å². The Hall–Kier alpha value is -0.540. The van der Waals surface area contributed by atoms with Gasteiger partial charge < -0.3 is 9.84 Å². The third-order valence-electron chi connectivity index (χ3n) is 2.32. The highest BCUT2D eigenvalue weighted by Gasteiger charge is 2.07. The lowest BCUT2D eigenvalue weighted by atomic mass is 10.0. The van der Waals surface area contributed by atoms with Crippen LogP contribution in [0.3, 0.4) is 0 Å². The Morgan fingerprint density at radius 1 is 1.25 bits per heavy atom. The summed E-state index contributed by atoms with van der Waals surface area (Å²) in [6, 6.07) is 5.97. The molecule has 1 unspecified atom stereocenters. The average molecular weight is 287 g/mol. The molecule has 3 heteroatoms. The van der Waals surface area contributed by atoms with E-state index in [-0.39, 0.29) is 12.5 Å². The largest absolute Gasteiger partial charge is 0.493 e. The van der Waals surface area contributed by atoms with E-state index in [2.05, 4.69) is 29.8 Å². The predicted octanol–water partition coefficient (Wildman–Crippen LogP) is 3.58. The van der Waals surface area contributed by atoms with Crippen molar-refractivity contribution in [2.24, 2.45) is 5.92 Å². The number of aliphatic hydroxyl groups is 1. The summed E-state index contributed by atoms with van der Waals surface area (Å²) in [5, 5.41) is 9.13. The van der Waals surface area contributed by atoms with Crippen molar-refractivity contribution >= 4 is 15.9 Å². The minimum atomic E-state index is 0.138. The molecule has 0 heterocycles. The molecule has 1 atom stereocenters. The summed E-state index contributed by atoms with van der Waals surface area (Å²) in [5.41, 5.74) is 1.09. The van der Waals surface area contributed by atoms with Gasteiger partial charge in [0.25, 0.3) is 0 Å². The van der Waals surface area contributed by atoms with E-state index in [1.165, 1.54) is 0 Å². The van der Waals surface area contributed by atoms with Crippen LogP contribution in [-0.2, 0) is 0 Å². The standard InChI is InChI=1S/C13H19BrO2/c1-9(2)8-16-13-5-11(10(3)7-15)4-12(14)6-13/h4-6,9-10,15H,7-8H2,1-3H3. The van der Waals surface area contributed by atoms with Crippen molar-refractivity contribution in [3.8, 4) is 5.75 Å². The molecule has 0 saturated heterocycles. The molecule has 0 aliphatic heterocycles. The highest BCUT2D eigenvalue weighted by molar-refractivity contribution is 9.10. The van der Waals surface area contributed by atoms with Crippen molar-refractivity contribution in [1.82, 2.24) is 0 Å². The minimum Gasteiger partial charge on any atom is -0.493 e. The lowest BCUT2D eigenvalue weighted by molar-refractivity contribution is 0.266. The number of ether oxygens (including phenoxy) is 1. The van der Waals surface area contributed by atoms with Gasteiger partial charge in [-0.1, -0.05) is 36.7 Å². The summed E-state index contributed by atoms with van der Waals surface area (Å²) in [7, 11) is 0. The van der Waals surface area contributed by atoms with Crippen LogP contribution in [0, 0.1) is 5.92 Å². The highest BCUT2D eigenvalue weighted by Crippen LogP contribution is 2.26. The van der Waals surface area contributed by atoms with E-state index in [0.717, 1.165) is 15.8 Å². The number of hydrogen-bond donors (Lipinski definition) is 1. The Morgan fingerprint density at radius 3 is 2.50 bits per heavy atom. The van der Waals surface area contributed by atoms with E-state index >= 15 is 0 Å². The van der Waals surface area contributed by atoms with Crippen molar-refractivity contribution in [3.63, 3.8) is 0 Å². The first-order valence-corrected chi connectivity index (χ1v) is 6.36. The lowest BCUT2D eigenvalue weighted by Gasteiger charge is -2.13. The summed E-state index contributed by atoms with van der Waals surface area (Å²) >= 11 is 3.46. The maximum atomic E-state index is 9.13. The third-order valence-corrected chi connectivity index (χ3v) is 2.78. The Bertz CT molecular complexity index is 337. The van der Waals surface area contributed by atoms with Gasteiger partial charge in [-0.05, 0) is 29.7 Å². The van der Waals surface area contributed by atoms with Crippen LogP contribution in [0.4, 0.5) is 0 Å². The molecular formula is C13H19BrO2. The van der Waals surface area contributed by atoms with E-state index in [1.54, 1.807) is 0 Å². The number of hydrogen-bond acceptors (Lipinski definition) is 2. The fraction of sp³-hybridized carbons (Fsp3) is 0.538. The average Bonchev–Trinajstić information content (AvgIpc) is 2.24. The maximum Gasteiger partial charge on any atom is 0.120 e. The van der Waals surface area contributed by atoms with Crippen LogP contribution in [0.25, 0.3) is 0 Å². The van der Waals surface area contributed by atoms with Crippen LogP contribution in [-0.4, -0.2) is 18.3 Å². The van der Waals surface area contributed by atoms with Gasteiger partial charge in [-0.3, -0.25) is 0 Å². The van der Waals surface area contributed by atoms with Gasteiger partial charge in [0.15, 0.2) is 0 Å². The molecule has 0 aliphatic rings. The SMILES string of the molecule is CC(C)COc1cc(Br)cc(C(C)CO)c1. The second-order valence-electron chi connectivity index (χ2n) is 4.51. The quantitative estimate of drug-likeness (QED) is 0.897. The van der Waals surface area contributed by atoms with Crippen molar-refractivity contribution in [1.29, 1.82) is 0 Å². The summed E-state index contributed by atoms with van der Waals surface area (Å²) < 4.78 is 6.66. The summed E-state index contributed by atoms with van der Waals surface area (Å²) in [6.45, 7) is 7.10. The number of benzene rings is 1. The Labute approximate surface area is 106 Å². The van der Waals surface area contributed by atoms with Gasteiger partial charge in [0.05, 0.1) is 6.61 Å². The lowest BCUT2D eigenvalue weighted by Crippen LogP contribution is -2.05. The van der Waals surface area contributed by atoms with Crippen molar-refractivity contribution in [2.45, 2.75) is 26.7 Å². The normalized spacial score (nSPS) is 12.9. The maximum absolute atomic E-state index is 9.13. The number of aliphatic hydroxyl groups excluding tert-OH is 1.